The van der Waals surface area contributed by atoms with Crippen molar-refractivity contribution in [1.29, 1.82) is 0 Å². The first kappa shape index (κ1) is 15.6. The van der Waals surface area contributed by atoms with Crippen molar-refractivity contribution in [2.45, 2.75) is 26.3 Å². The van der Waals surface area contributed by atoms with E-state index in [2.05, 4.69) is 15.5 Å². The third-order valence-corrected chi connectivity index (χ3v) is 4.79. The lowest BCUT2D eigenvalue weighted by Gasteiger charge is -2.25. The van der Waals surface area contributed by atoms with E-state index in [9.17, 15) is 9.59 Å². The summed E-state index contributed by atoms with van der Waals surface area (Å²) in [5.41, 5.74) is 1.07. The Morgan fingerprint density at radius 3 is 2.74 bits per heavy atom. The van der Waals surface area contributed by atoms with Crippen LogP contribution in [0.15, 0.2) is 30.3 Å². The lowest BCUT2D eigenvalue weighted by molar-refractivity contribution is -0.129. The maximum atomic E-state index is 12.3. The highest BCUT2D eigenvalue weighted by atomic mass is 32.1. The SMILES string of the molecule is Cc1nnc(NC(=O)[C@H]2CC(=O)N([C@H](C)c3ccccc3)C2)s1. The predicted molar refractivity (Wildman–Crippen MR) is 88.0 cm³/mol. The Kier molecular flexibility index (Phi) is 4.38. The number of likely N-dealkylation sites (tertiary alicyclic amines) is 1. The van der Waals surface area contributed by atoms with Gasteiger partial charge in [0.1, 0.15) is 5.01 Å². The predicted octanol–water partition coefficient (Wildman–Crippen LogP) is 2.39. The van der Waals surface area contributed by atoms with Crippen molar-refractivity contribution >= 4 is 28.3 Å². The Morgan fingerprint density at radius 2 is 2.09 bits per heavy atom. The Hall–Kier alpha value is -2.28. The molecule has 6 nitrogen and oxygen atoms in total. The molecule has 0 aliphatic carbocycles. The smallest absolute Gasteiger partial charge is 0.231 e. The second-order valence-electron chi connectivity index (χ2n) is 5.65. The van der Waals surface area contributed by atoms with Gasteiger partial charge < -0.3 is 10.2 Å². The maximum absolute atomic E-state index is 12.3. The summed E-state index contributed by atoms with van der Waals surface area (Å²) in [6.45, 7) is 4.25. The number of nitrogens with one attached hydrogen (secondary N) is 1. The molecule has 0 spiro atoms. The standard InChI is InChI=1S/C16H18N4O2S/c1-10(12-6-4-3-5-7-12)20-9-13(8-14(20)21)15(22)17-16-19-18-11(2)23-16/h3-7,10,13H,8-9H2,1-2H3,(H,17,19,22)/t10-,13+/m1/s1. The molecular formula is C16H18N4O2S. The molecule has 1 fully saturated rings. The molecule has 1 aromatic carbocycles. The lowest BCUT2D eigenvalue weighted by atomic mass is 10.1. The van der Waals surface area contributed by atoms with E-state index < -0.39 is 0 Å². The zero-order chi connectivity index (χ0) is 16.4. The first-order valence-corrected chi connectivity index (χ1v) is 8.31. The topological polar surface area (TPSA) is 75.2 Å². The van der Waals surface area contributed by atoms with Crippen LogP contribution in [-0.2, 0) is 9.59 Å². The van der Waals surface area contributed by atoms with Crippen molar-refractivity contribution in [3.63, 3.8) is 0 Å². The van der Waals surface area contributed by atoms with E-state index in [0.717, 1.165) is 10.6 Å². The van der Waals surface area contributed by atoms with Gasteiger partial charge in [-0.1, -0.05) is 41.7 Å². The molecule has 23 heavy (non-hydrogen) atoms. The van der Waals surface area contributed by atoms with Crippen LogP contribution in [0.3, 0.4) is 0 Å². The summed E-state index contributed by atoms with van der Waals surface area (Å²) in [6.07, 6.45) is 0.237. The van der Waals surface area contributed by atoms with Gasteiger partial charge in [0.2, 0.25) is 16.9 Å². The normalized spacial score (nSPS) is 19.0. The molecule has 0 bridgehead atoms. The molecule has 1 aliphatic heterocycles. The van der Waals surface area contributed by atoms with Crippen molar-refractivity contribution in [2.75, 3.05) is 11.9 Å². The largest absolute Gasteiger partial charge is 0.335 e. The van der Waals surface area contributed by atoms with E-state index in [1.165, 1.54) is 11.3 Å². The number of anilines is 1. The zero-order valence-corrected chi connectivity index (χ0v) is 13.8. The van der Waals surface area contributed by atoms with Crippen LogP contribution in [-0.4, -0.2) is 33.5 Å². The Bertz CT molecular complexity index is 716. The van der Waals surface area contributed by atoms with Crippen LogP contribution in [0.5, 0.6) is 0 Å². The molecule has 2 heterocycles. The van der Waals surface area contributed by atoms with Gasteiger partial charge in [0, 0.05) is 13.0 Å². The van der Waals surface area contributed by atoms with Crippen LogP contribution in [0.25, 0.3) is 0 Å². The Labute approximate surface area is 138 Å². The summed E-state index contributed by atoms with van der Waals surface area (Å²) in [7, 11) is 0. The summed E-state index contributed by atoms with van der Waals surface area (Å²) < 4.78 is 0. The van der Waals surface area contributed by atoms with Crippen molar-refractivity contribution in [3.8, 4) is 0 Å². The molecule has 0 saturated carbocycles. The van der Waals surface area contributed by atoms with E-state index in [1.807, 2.05) is 44.2 Å². The van der Waals surface area contributed by atoms with Crippen molar-refractivity contribution < 1.29 is 9.59 Å². The third-order valence-electron chi connectivity index (χ3n) is 4.03. The number of hydrogen-bond acceptors (Lipinski definition) is 5. The quantitative estimate of drug-likeness (QED) is 0.934. The summed E-state index contributed by atoms with van der Waals surface area (Å²) in [4.78, 5) is 26.4. The van der Waals surface area contributed by atoms with E-state index in [1.54, 1.807) is 4.90 Å². The molecule has 1 aliphatic rings. The highest BCUT2D eigenvalue weighted by Gasteiger charge is 2.37. The van der Waals surface area contributed by atoms with Crippen molar-refractivity contribution in [3.05, 3.63) is 40.9 Å². The van der Waals surface area contributed by atoms with Crippen molar-refractivity contribution in [1.82, 2.24) is 15.1 Å². The highest BCUT2D eigenvalue weighted by Crippen LogP contribution is 2.29. The van der Waals surface area contributed by atoms with Gasteiger partial charge >= 0.3 is 0 Å². The van der Waals surface area contributed by atoms with Gasteiger partial charge in [0.15, 0.2) is 0 Å². The number of rotatable bonds is 4. The summed E-state index contributed by atoms with van der Waals surface area (Å²) >= 11 is 1.33. The fourth-order valence-electron chi connectivity index (χ4n) is 2.75. The second-order valence-corrected chi connectivity index (χ2v) is 6.83. The van der Waals surface area contributed by atoms with Gasteiger partial charge in [-0.15, -0.1) is 10.2 Å². The number of hydrogen-bond donors (Lipinski definition) is 1. The lowest BCUT2D eigenvalue weighted by Crippen LogP contribution is -2.30. The fourth-order valence-corrected chi connectivity index (χ4v) is 3.34. The zero-order valence-electron chi connectivity index (χ0n) is 13.0. The van der Waals surface area contributed by atoms with Crippen molar-refractivity contribution in [2.24, 2.45) is 5.92 Å². The van der Waals surface area contributed by atoms with Crippen LogP contribution in [0.2, 0.25) is 0 Å². The van der Waals surface area contributed by atoms with Gasteiger partial charge in [-0.3, -0.25) is 9.59 Å². The monoisotopic (exact) mass is 330 g/mol. The van der Waals surface area contributed by atoms with Crippen LogP contribution >= 0.6 is 11.3 Å². The number of benzene rings is 1. The molecule has 2 atom stereocenters. The second kappa shape index (κ2) is 6.45. The number of carbonyl (C=O) groups excluding carboxylic acids is 2. The molecule has 3 rings (SSSR count). The summed E-state index contributed by atoms with van der Waals surface area (Å²) in [5, 5.41) is 11.8. The minimum Gasteiger partial charge on any atom is -0.335 e. The number of carbonyl (C=O) groups is 2. The van der Waals surface area contributed by atoms with Crippen LogP contribution < -0.4 is 5.32 Å². The summed E-state index contributed by atoms with van der Waals surface area (Å²) in [5.74, 6) is -0.509. The van der Waals surface area contributed by atoms with Gasteiger partial charge in [-0.2, -0.15) is 0 Å². The number of aryl methyl sites for hydroxylation is 1. The first-order valence-electron chi connectivity index (χ1n) is 7.50. The molecule has 1 saturated heterocycles. The van der Waals surface area contributed by atoms with Gasteiger partial charge in [0.25, 0.3) is 0 Å². The molecule has 7 heteroatoms. The van der Waals surface area contributed by atoms with Gasteiger partial charge in [0.05, 0.1) is 12.0 Å². The third kappa shape index (κ3) is 3.39. The molecular weight excluding hydrogens is 312 g/mol. The van der Waals surface area contributed by atoms with Crippen LogP contribution in [0.1, 0.15) is 30.0 Å². The van der Waals surface area contributed by atoms with E-state index >= 15 is 0 Å². The van der Waals surface area contributed by atoms with Crippen LogP contribution in [0.4, 0.5) is 5.13 Å². The number of aromatic nitrogens is 2. The number of amides is 2. The minimum atomic E-state index is -0.349. The molecule has 0 radical (unpaired) electrons. The average Bonchev–Trinajstić information content (AvgIpc) is 3.13. The van der Waals surface area contributed by atoms with E-state index in [-0.39, 0.29) is 30.2 Å². The molecule has 2 aromatic rings. The van der Waals surface area contributed by atoms with Gasteiger partial charge in [-0.25, -0.2) is 0 Å². The average molecular weight is 330 g/mol. The van der Waals surface area contributed by atoms with E-state index in [4.69, 9.17) is 0 Å². The Balaban J connectivity index is 1.66. The fraction of sp³-hybridized carbons (Fsp3) is 0.375. The molecule has 1 N–H and O–H groups in total. The van der Waals surface area contributed by atoms with Crippen LogP contribution in [0, 0.1) is 12.8 Å². The first-order chi connectivity index (χ1) is 11.0. The molecule has 0 unspecified atom stereocenters. The number of nitrogens with zero attached hydrogens (tertiary/aromatic N) is 3. The minimum absolute atomic E-state index is 0.00921. The molecule has 2 amide bonds. The Morgan fingerprint density at radius 1 is 1.35 bits per heavy atom. The highest BCUT2D eigenvalue weighted by molar-refractivity contribution is 7.15. The van der Waals surface area contributed by atoms with Gasteiger partial charge in [-0.05, 0) is 19.4 Å². The molecule has 120 valence electrons. The van der Waals surface area contributed by atoms with E-state index in [0.29, 0.717) is 11.7 Å². The molecule has 1 aromatic heterocycles. The maximum Gasteiger partial charge on any atom is 0.231 e. The summed E-state index contributed by atoms with van der Waals surface area (Å²) in [6, 6.07) is 9.81.